The fourth-order valence-corrected chi connectivity index (χ4v) is 2.83. The van der Waals surface area contributed by atoms with Crippen molar-refractivity contribution in [3.05, 3.63) is 46.1 Å². The molecule has 0 aromatic heterocycles. The number of amides is 1. The van der Waals surface area contributed by atoms with Gasteiger partial charge in [-0.2, -0.15) is 0 Å². The highest BCUT2D eigenvalue weighted by Crippen LogP contribution is 2.46. The molecule has 0 atom stereocenters. The van der Waals surface area contributed by atoms with Crippen molar-refractivity contribution in [1.82, 2.24) is 5.32 Å². The van der Waals surface area contributed by atoms with Crippen LogP contribution in [-0.2, 0) is 15.1 Å². The quantitative estimate of drug-likeness (QED) is 0.928. The minimum atomic E-state index is -0.168. The summed E-state index contributed by atoms with van der Waals surface area (Å²) < 4.78 is 6.28. The van der Waals surface area contributed by atoms with Crippen molar-refractivity contribution in [1.29, 1.82) is 0 Å². The third kappa shape index (κ3) is 2.68. The molecule has 19 heavy (non-hydrogen) atoms. The van der Waals surface area contributed by atoms with E-state index in [0.29, 0.717) is 6.61 Å². The number of hydrogen-bond donors (Lipinski definition) is 1. The second-order valence-electron chi connectivity index (χ2n) is 5.16. The van der Waals surface area contributed by atoms with Crippen LogP contribution in [0.3, 0.4) is 0 Å². The van der Waals surface area contributed by atoms with Gasteiger partial charge in [-0.15, -0.1) is 0 Å². The molecule has 0 unspecified atom stereocenters. The molecule has 2 aliphatic rings. The molecule has 1 aliphatic heterocycles. The van der Waals surface area contributed by atoms with E-state index in [1.165, 1.54) is 5.56 Å². The molecule has 1 amide bonds. The van der Waals surface area contributed by atoms with Crippen LogP contribution >= 0.6 is 15.9 Å². The molecule has 4 heteroatoms. The van der Waals surface area contributed by atoms with Crippen molar-refractivity contribution >= 4 is 21.8 Å². The maximum absolute atomic E-state index is 12.2. The van der Waals surface area contributed by atoms with E-state index in [1.807, 2.05) is 12.1 Å². The summed E-state index contributed by atoms with van der Waals surface area (Å²) in [6.07, 6.45) is 5.34. The molecule has 1 N–H and O–H groups in total. The third-order valence-electron chi connectivity index (χ3n) is 3.71. The van der Waals surface area contributed by atoms with Gasteiger partial charge in [0.25, 0.3) is 5.91 Å². The average Bonchev–Trinajstić information content (AvgIpc) is 3.21. The Hall–Kier alpha value is -1.29. The summed E-state index contributed by atoms with van der Waals surface area (Å²) >= 11 is 3.48. The van der Waals surface area contributed by atoms with Gasteiger partial charge in [-0.25, -0.2) is 0 Å². The topological polar surface area (TPSA) is 38.3 Å². The predicted octanol–water partition coefficient (Wildman–Crippen LogP) is 3.25. The second-order valence-corrected chi connectivity index (χ2v) is 6.08. The maximum atomic E-state index is 12.2. The third-order valence-corrected chi connectivity index (χ3v) is 4.20. The molecule has 100 valence electrons. The molecule has 1 fully saturated rings. The van der Waals surface area contributed by atoms with Gasteiger partial charge in [-0.1, -0.05) is 28.1 Å². The van der Waals surface area contributed by atoms with Crippen molar-refractivity contribution in [3.63, 3.8) is 0 Å². The van der Waals surface area contributed by atoms with Gasteiger partial charge in [0, 0.05) is 4.47 Å². The molecule has 1 heterocycles. The number of carbonyl (C=O) groups excluding carboxylic acids is 1. The Morgan fingerprint density at radius 2 is 2.21 bits per heavy atom. The van der Waals surface area contributed by atoms with Crippen LogP contribution in [0.15, 0.2) is 40.6 Å². The van der Waals surface area contributed by atoms with Crippen LogP contribution in [0.1, 0.15) is 31.2 Å². The standard InChI is InChI=1S/C15H16BrNO2/c16-13-5-1-4-12(9-13)15(6-7-15)17-14(18)11-3-2-8-19-10-11/h1,4-5,9-10H,2-3,6-8H2,(H,17,18). The lowest BCUT2D eigenvalue weighted by molar-refractivity contribution is -0.119. The lowest BCUT2D eigenvalue weighted by Gasteiger charge is -2.20. The van der Waals surface area contributed by atoms with Crippen molar-refractivity contribution < 1.29 is 9.53 Å². The van der Waals surface area contributed by atoms with E-state index in [0.717, 1.165) is 35.7 Å². The molecule has 0 spiro atoms. The summed E-state index contributed by atoms with van der Waals surface area (Å²) in [4.78, 5) is 12.2. The SMILES string of the molecule is O=C(NC1(c2cccc(Br)c2)CC1)C1=COCCC1. The Kier molecular flexibility index (Phi) is 3.35. The zero-order valence-corrected chi connectivity index (χ0v) is 12.2. The number of rotatable bonds is 3. The monoisotopic (exact) mass is 321 g/mol. The van der Waals surface area contributed by atoms with E-state index in [9.17, 15) is 4.79 Å². The van der Waals surface area contributed by atoms with Crippen LogP contribution in [-0.4, -0.2) is 12.5 Å². The Bertz CT molecular complexity index is 535. The number of hydrogen-bond acceptors (Lipinski definition) is 2. The van der Waals surface area contributed by atoms with Crippen LogP contribution in [0.25, 0.3) is 0 Å². The first-order chi connectivity index (χ1) is 9.20. The first-order valence-corrected chi connectivity index (χ1v) is 7.38. The zero-order chi connectivity index (χ0) is 13.3. The summed E-state index contributed by atoms with van der Waals surface area (Å²) in [6, 6.07) is 8.16. The van der Waals surface area contributed by atoms with Gasteiger partial charge in [0.2, 0.25) is 0 Å². The van der Waals surface area contributed by atoms with Crippen molar-refractivity contribution in [2.45, 2.75) is 31.2 Å². The molecule has 1 aromatic carbocycles. The highest BCUT2D eigenvalue weighted by atomic mass is 79.9. The Labute approximate surface area is 121 Å². The van der Waals surface area contributed by atoms with Crippen molar-refractivity contribution in [2.24, 2.45) is 0 Å². The summed E-state index contributed by atoms with van der Waals surface area (Å²) in [5, 5.41) is 3.17. The lowest BCUT2D eigenvalue weighted by Crippen LogP contribution is -2.36. The van der Waals surface area contributed by atoms with E-state index in [2.05, 4.69) is 33.4 Å². The summed E-state index contributed by atoms with van der Waals surface area (Å²) in [6.45, 7) is 0.716. The van der Waals surface area contributed by atoms with Crippen LogP contribution in [0.4, 0.5) is 0 Å². The minimum Gasteiger partial charge on any atom is -0.501 e. The van der Waals surface area contributed by atoms with Crippen LogP contribution in [0.2, 0.25) is 0 Å². The van der Waals surface area contributed by atoms with Crippen molar-refractivity contribution in [3.8, 4) is 0 Å². The first kappa shape index (κ1) is 12.7. The summed E-state index contributed by atoms with van der Waals surface area (Å²) in [5.41, 5.74) is 1.76. The molecular formula is C15H16BrNO2. The van der Waals surface area contributed by atoms with Crippen molar-refractivity contribution in [2.75, 3.05) is 6.61 Å². The van der Waals surface area contributed by atoms with E-state index in [-0.39, 0.29) is 11.4 Å². The van der Waals surface area contributed by atoms with E-state index in [4.69, 9.17) is 4.74 Å². The molecule has 3 rings (SSSR count). The van der Waals surface area contributed by atoms with Gasteiger partial charge >= 0.3 is 0 Å². The highest BCUT2D eigenvalue weighted by Gasteiger charge is 2.46. The van der Waals surface area contributed by atoms with Gasteiger partial charge in [0.05, 0.1) is 24.0 Å². The normalized spacial score (nSPS) is 20.2. The number of ether oxygens (including phenoxy) is 1. The predicted molar refractivity (Wildman–Crippen MR) is 76.5 cm³/mol. The fourth-order valence-electron chi connectivity index (χ4n) is 2.43. The van der Waals surface area contributed by atoms with Gasteiger partial charge in [0.1, 0.15) is 0 Å². The second kappa shape index (κ2) is 5.00. The van der Waals surface area contributed by atoms with E-state index < -0.39 is 0 Å². The Balaban J connectivity index is 1.75. The maximum Gasteiger partial charge on any atom is 0.250 e. The molecular weight excluding hydrogens is 306 g/mol. The fraction of sp³-hybridized carbons (Fsp3) is 0.400. The molecule has 0 bridgehead atoms. The average molecular weight is 322 g/mol. The number of carbonyl (C=O) groups is 1. The van der Waals surface area contributed by atoms with Gasteiger partial charge < -0.3 is 10.1 Å². The largest absolute Gasteiger partial charge is 0.501 e. The number of benzene rings is 1. The smallest absolute Gasteiger partial charge is 0.250 e. The number of nitrogens with one attached hydrogen (secondary N) is 1. The van der Waals surface area contributed by atoms with Gasteiger partial charge in [-0.3, -0.25) is 4.79 Å². The lowest BCUT2D eigenvalue weighted by atomic mass is 10.0. The summed E-state index contributed by atoms with van der Waals surface area (Å²) in [7, 11) is 0. The summed E-state index contributed by atoms with van der Waals surface area (Å²) in [5.74, 6) is 0.0113. The number of halogens is 1. The molecule has 0 radical (unpaired) electrons. The van der Waals surface area contributed by atoms with Gasteiger partial charge in [0.15, 0.2) is 0 Å². The molecule has 3 nitrogen and oxygen atoms in total. The van der Waals surface area contributed by atoms with Crippen LogP contribution in [0, 0.1) is 0 Å². The molecule has 1 aliphatic carbocycles. The highest BCUT2D eigenvalue weighted by molar-refractivity contribution is 9.10. The molecule has 1 aromatic rings. The van der Waals surface area contributed by atoms with Crippen LogP contribution < -0.4 is 5.32 Å². The molecule has 1 saturated carbocycles. The van der Waals surface area contributed by atoms with Crippen LogP contribution in [0.5, 0.6) is 0 Å². The van der Waals surface area contributed by atoms with Gasteiger partial charge in [-0.05, 0) is 43.4 Å². The Morgan fingerprint density at radius 1 is 1.37 bits per heavy atom. The minimum absolute atomic E-state index is 0.0113. The Morgan fingerprint density at radius 3 is 2.84 bits per heavy atom. The zero-order valence-electron chi connectivity index (χ0n) is 10.6. The van der Waals surface area contributed by atoms with E-state index >= 15 is 0 Å². The molecule has 0 saturated heterocycles. The first-order valence-electron chi connectivity index (χ1n) is 6.59. The van der Waals surface area contributed by atoms with E-state index in [1.54, 1.807) is 6.26 Å².